The average molecular weight is 236 g/mol. The Balaban J connectivity index is 4.41. The fourth-order valence-corrected chi connectivity index (χ4v) is 0.882. The van der Waals surface area contributed by atoms with Crippen molar-refractivity contribution in [2.45, 2.75) is 26.2 Å². The van der Waals surface area contributed by atoms with Crippen LogP contribution in [0.25, 0.3) is 0 Å². The molecule has 0 saturated heterocycles. The highest BCUT2D eigenvalue weighted by molar-refractivity contribution is 5.89. The van der Waals surface area contributed by atoms with Crippen LogP contribution in [0.4, 0.5) is 8.78 Å². The van der Waals surface area contributed by atoms with Crippen LogP contribution < -0.4 is 0 Å². The summed E-state index contributed by atoms with van der Waals surface area (Å²) in [6, 6.07) is 0. The molecular formula is C10H14F2O4. The number of carbonyl (C=O) groups is 2. The van der Waals surface area contributed by atoms with Crippen LogP contribution in [0.2, 0.25) is 0 Å². The maximum absolute atomic E-state index is 13.1. The average Bonchev–Trinajstić information content (AvgIpc) is 2.17. The van der Waals surface area contributed by atoms with Gasteiger partial charge in [-0.1, -0.05) is 6.58 Å². The molecule has 0 amide bonds. The van der Waals surface area contributed by atoms with E-state index in [-0.39, 0.29) is 13.2 Å². The van der Waals surface area contributed by atoms with Crippen LogP contribution >= 0.6 is 0 Å². The zero-order valence-electron chi connectivity index (χ0n) is 9.22. The fraction of sp³-hybridized carbons (Fsp3) is 0.600. The fourth-order valence-electron chi connectivity index (χ4n) is 0.882. The lowest BCUT2D eigenvalue weighted by atomic mass is 10.1. The van der Waals surface area contributed by atoms with E-state index in [0.29, 0.717) is 0 Å². The molecule has 0 aromatic rings. The highest BCUT2D eigenvalue weighted by Crippen LogP contribution is 2.24. The highest BCUT2D eigenvalue weighted by Gasteiger charge is 2.42. The molecule has 0 aromatic heterocycles. The first-order valence-electron chi connectivity index (χ1n) is 4.75. The van der Waals surface area contributed by atoms with Crippen molar-refractivity contribution in [3.8, 4) is 0 Å². The molecule has 0 aliphatic carbocycles. The number of rotatable bonds is 6. The lowest BCUT2D eigenvalue weighted by molar-refractivity contribution is -0.171. The highest BCUT2D eigenvalue weighted by atomic mass is 19.3. The van der Waals surface area contributed by atoms with Crippen molar-refractivity contribution in [1.82, 2.24) is 0 Å². The smallest absolute Gasteiger partial charge is 0.377 e. The minimum Gasteiger partial charge on any atom is -0.463 e. The van der Waals surface area contributed by atoms with Gasteiger partial charge in [-0.3, -0.25) is 0 Å². The van der Waals surface area contributed by atoms with Gasteiger partial charge in [-0.25, -0.2) is 9.59 Å². The Hall–Kier alpha value is -1.46. The van der Waals surface area contributed by atoms with Crippen LogP contribution in [0.1, 0.15) is 20.3 Å². The normalized spacial score (nSPS) is 10.8. The van der Waals surface area contributed by atoms with Crippen LogP contribution in [-0.2, 0) is 19.1 Å². The minimum atomic E-state index is -3.75. The second-order valence-corrected chi connectivity index (χ2v) is 2.93. The van der Waals surface area contributed by atoms with Crippen molar-refractivity contribution in [3.63, 3.8) is 0 Å². The Morgan fingerprint density at radius 3 is 2.12 bits per heavy atom. The summed E-state index contributed by atoms with van der Waals surface area (Å²) in [5.74, 6) is -6.35. The number of esters is 2. The molecule has 92 valence electrons. The molecule has 0 aromatic carbocycles. The van der Waals surface area contributed by atoms with Gasteiger partial charge in [-0.05, 0) is 13.8 Å². The van der Waals surface area contributed by atoms with E-state index in [9.17, 15) is 18.4 Å². The SMILES string of the molecule is C=C(CC(F)(F)C(=O)OCC)C(=O)OCC. The Labute approximate surface area is 92.2 Å². The van der Waals surface area contributed by atoms with E-state index in [0.717, 1.165) is 0 Å². The molecule has 16 heavy (non-hydrogen) atoms. The maximum atomic E-state index is 13.1. The van der Waals surface area contributed by atoms with Crippen LogP contribution in [0.15, 0.2) is 12.2 Å². The molecule has 0 bridgehead atoms. The molecule has 0 rings (SSSR count). The van der Waals surface area contributed by atoms with E-state index < -0.39 is 29.9 Å². The minimum absolute atomic E-state index is 0.0584. The number of halogens is 2. The zero-order chi connectivity index (χ0) is 12.8. The van der Waals surface area contributed by atoms with Gasteiger partial charge >= 0.3 is 17.9 Å². The molecule has 0 fully saturated rings. The molecule has 0 unspecified atom stereocenters. The van der Waals surface area contributed by atoms with Gasteiger partial charge in [-0.15, -0.1) is 0 Å². The monoisotopic (exact) mass is 236 g/mol. The van der Waals surface area contributed by atoms with E-state index in [1.165, 1.54) is 13.8 Å². The number of hydrogen-bond acceptors (Lipinski definition) is 4. The second-order valence-electron chi connectivity index (χ2n) is 2.93. The molecule has 0 saturated carbocycles. The van der Waals surface area contributed by atoms with E-state index in [1.807, 2.05) is 0 Å². The number of alkyl halides is 2. The molecule has 4 nitrogen and oxygen atoms in total. The predicted molar refractivity (Wildman–Crippen MR) is 52.0 cm³/mol. The number of ether oxygens (including phenoxy) is 2. The van der Waals surface area contributed by atoms with E-state index in [1.54, 1.807) is 0 Å². The predicted octanol–water partition coefficient (Wildman–Crippen LogP) is 1.69. The van der Waals surface area contributed by atoms with Crippen molar-refractivity contribution in [2.75, 3.05) is 13.2 Å². The third-order valence-corrected chi connectivity index (χ3v) is 1.57. The summed E-state index contributed by atoms with van der Waals surface area (Å²) in [5.41, 5.74) is -0.458. The molecule has 0 heterocycles. The molecule has 6 heteroatoms. The third kappa shape index (κ3) is 4.37. The molecule has 0 N–H and O–H groups in total. The van der Waals surface area contributed by atoms with Crippen LogP contribution in [0.5, 0.6) is 0 Å². The second kappa shape index (κ2) is 6.19. The first-order chi connectivity index (χ1) is 7.35. The van der Waals surface area contributed by atoms with Crippen molar-refractivity contribution >= 4 is 11.9 Å². The van der Waals surface area contributed by atoms with E-state index in [4.69, 9.17) is 0 Å². The Morgan fingerprint density at radius 2 is 1.69 bits per heavy atom. The lowest BCUT2D eigenvalue weighted by Gasteiger charge is -2.15. The van der Waals surface area contributed by atoms with E-state index >= 15 is 0 Å². The topological polar surface area (TPSA) is 52.6 Å². The van der Waals surface area contributed by atoms with Crippen molar-refractivity contribution in [3.05, 3.63) is 12.2 Å². The van der Waals surface area contributed by atoms with Crippen LogP contribution in [0, 0.1) is 0 Å². The molecule has 0 aliphatic rings. The van der Waals surface area contributed by atoms with Crippen LogP contribution in [0.3, 0.4) is 0 Å². The molecular weight excluding hydrogens is 222 g/mol. The van der Waals surface area contributed by atoms with Crippen molar-refractivity contribution < 1.29 is 27.8 Å². The molecule has 0 aliphatic heterocycles. The molecule has 0 atom stereocenters. The van der Waals surface area contributed by atoms with Gasteiger partial charge in [-0.2, -0.15) is 8.78 Å². The summed E-state index contributed by atoms with van der Waals surface area (Å²) in [7, 11) is 0. The molecule has 0 spiro atoms. The first-order valence-corrected chi connectivity index (χ1v) is 4.75. The summed E-state index contributed by atoms with van der Waals surface area (Å²) in [6.45, 7) is 5.99. The van der Waals surface area contributed by atoms with Gasteiger partial charge in [0.1, 0.15) is 0 Å². The zero-order valence-corrected chi connectivity index (χ0v) is 9.22. The Kier molecular flexibility index (Phi) is 5.63. The maximum Gasteiger partial charge on any atom is 0.377 e. The quantitative estimate of drug-likeness (QED) is 0.520. The summed E-state index contributed by atoms with van der Waals surface area (Å²) in [6.07, 6.45) is -1.09. The van der Waals surface area contributed by atoms with Crippen molar-refractivity contribution in [1.29, 1.82) is 0 Å². The van der Waals surface area contributed by atoms with Crippen molar-refractivity contribution in [2.24, 2.45) is 0 Å². The first kappa shape index (κ1) is 14.5. The van der Waals surface area contributed by atoms with Gasteiger partial charge in [0, 0.05) is 5.57 Å². The lowest BCUT2D eigenvalue weighted by Crippen LogP contribution is -2.32. The number of carbonyl (C=O) groups excluding carboxylic acids is 2. The summed E-state index contributed by atoms with van der Waals surface area (Å²) >= 11 is 0. The van der Waals surface area contributed by atoms with Gasteiger partial charge in [0.05, 0.1) is 19.6 Å². The summed E-state index contributed by atoms with van der Waals surface area (Å²) < 4.78 is 34.9. The van der Waals surface area contributed by atoms with Gasteiger partial charge < -0.3 is 9.47 Å². The largest absolute Gasteiger partial charge is 0.463 e. The van der Waals surface area contributed by atoms with E-state index in [2.05, 4.69) is 16.1 Å². The number of hydrogen-bond donors (Lipinski definition) is 0. The third-order valence-electron chi connectivity index (χ3n) is 1.57. The standard InChI is InChI=1S/C10H14F2O4/c1-4-15-8(13)7(3)6-10(11,12)9(14)16-5-2/h3-6H2,1-2H3. The van der Waals surface area contributed by atoms with Gasteiger partial charge in [0.15, 0.2) is 0 Å². The Morgan fingerprint density at radius 1 is 1.19 bits per heavy atom. The van der Waals surface area contributed by atoms with Gasteiger partial charge in [0.2, 0.25) is 0 Å². The summed E-state index contributed by atoms with van der Waals surface area (Å²) in [4.78, 5) is 21.8. The molecule has 0 radical (unpaired) electrons. The Bertz CT molecular complexity index is 287. The summed E-state index contributed by atoms with van der Waals surface area (Å²) in [5, 5.41) is 0. The van der Waals surface area contributed by atoms with Crippen LogP contribution in [-0.4, -0.2) is 31.1 Å². The van der Waals surface area contributed by atoms with Gasteiger partial charge in [0.25, 0.3) is 0 Å².